The van der Waals surface area contributed by atoms with Gasteiger partial charge in [0.2, 0.25) is 17.6 Å². The van der Waals surface area contributed by atoms with Crippen LogP contribution in [0.25, 0.3) is 0 Å². The first-order valence-corrected chi connectivity index (χ1v) is 5.33. The molecule has 0 aliphatic carbocycles. The maximum Gasteiger partial charge on any atom is 0.307 e. The molecule has 9 heteroatoms. The van der Waals surface area contributed by atoms with Crippen LogP contribution < -0.4 is 10.1 Å². The van der Waals surface area contributed by atoms with Crippen molar-refractivity contribution in [2.75, 3.05) is 12.4 Å². The Morgan fingerprint density at radius 3 is 2.75 bits per heavy atom. The lowest BCUT2D eigenvalue weighted by Crippen LogP contribution is -1.99. The van der Waals surface area contributed by atoms with Gasteiger partial charge in [-0.3, -0.25) is 10.1 Å². The Bertz CT molecular complexity index is 666. The number of anilines is 1. The van der Waals surface area contributed by atoms with E-state index in [1.165, 1.54) is 12.3 Å². The lowest BCUT2D eigenvalue weighted by molar-refractivity contribution is -0.387. The molecule has 0 aliphatic rings. The summed E-state index contributed by atoms with van der Waals surface area (Å²) in [5.41, 5.74) is -0.964. The van der Waals surface area contributed by atoms with Crippen LogP contribution in [0.1, 0.15) is 0 Å². The number of aromatic nitrogens is 2. The monoisotopic (exact) mass is 282 g/mol. The number of nitrogens with one attached hydrogen (secondary N) is 1. The van der Waals surface area contributed by atoms with E-state index >= 15 is 0 Å². The molecule has 20 heavy (non-hydrogen) atoms. The highest BCUT2D eigenvalue weighted by atomic mass is 19.1. The van der Waals surface area contributed by atoms with Crippen LogP contribution in [-0.2, 0) is 0 Å². The zero-order chi connectivity index (χ0) is 14.7. The number of hydrogen-bond donors (Lipinski definition) is 1. The van der Waals surface area contributed by atoms with Gasteiger partial charge in [-0.25, -0.2) is 9.37 Å². The molecule has 0 aliphatic heterocycles. The van der Waals surface area contributed by atoms with Gasteiger partial charge in [0.1, 0.15) is 0 Å². The fourth-order valence-corrected chi connectivity index (χ4v) is 1.37. The average molecular weight is 282 g/mol. The molecule has 2 aromatic rings. The topological polar surface area (TPSA) is 90.2 Å². The second-order valence-corrected chi connectivity index (χ2v) is 3.56. The number of ether oxygens (including phenoxy) is 1. The van der Waals surface area contributed by atoms with Gasteiger partial charge in [-0.15, -0.1) is 0 Å². The molecule has 1 aromatic heterocycles. The third-order valence-corrected chi connectivity index (χ3v) is 2.27. The third kappa shape index (κ3) is 2.76. The van der Waals surface area contributed by atoms with Crippen LogP contribution in [0.2, 0.25) is 0 Å². The number of halogens is 2. The normalized spacial score (nSPS) is 10.2. The first-order valence-electron chi connectivity index (χ1n) is 5.33. The summed E-state index contributed by atoms with van der Waals surface area (Å²) in [6, 6.07) is 2.37. The van der Waals surface area contributed by atoms with E-state index in [-0.39, 0.29) is 11.8 Å². The lowest BCUT2D eigenvalue weighted by atomic mass is 10.3. The van der Waals surface area contributed by atoms with Gasteiger partial charge in [-0.1, -0.05) is 0 Å². The Hall–Kier alpha value is -2.84. The molecule has 0 amide bonds. The minimum absolute atomic E-state index is 0.0310. The van der Waals surface area contributed by atoms with Crippen molar-refractivity contribution in [3.8, 4) is 11.6 Å². The van der Waals surface area contributed by atoms with Crippen molar-refractivity contribution in [3.63, 3.8) is 0 Å². The molecule has 7 nitrogen and oxygen atoms in total. The van der Waals surface area contributed by atoms with Crippen molar-refractivity contribution < 1.29 is 18.4 Å². The van der Waals surface area contributed by atoms with E-state index < -0.39 is 28.0 Å². The molecule has 0 saturated heterocycles. The van der Waals surface area contributed by atoms with Crippen LogP contribution in [0.4, 0.5) is 20.4 Å². The molecular formula is C11H8F2N4O3. The third-order valence-electron chi connectivity index (χ3n) is 2.27. The van der Waals surface area contributed by atoms with Crippen molar-refractivity contribution in [3.05, 3.63) is 46.1 Å². The molecule has 0 spiro atoms. The van der Waals surface area contributed by atoms with Gasteiger partial charge in [0.25, 0.3) is 0 Å². The Labute approximate surface area is 111 Å². The molecule has 0 bridgehead atoms. The zero-order valence-corrected chi connectivity index (χ0v) is 10.1. The van der Waals surface area contributed by atoms with E-state index in [2.05, 4.69) is 15.3 Å². The molecular weight excluding hydrogens is 274 g/mol. The van der Waals surface area contributed by atoms with Crippen molar-refractivity contribution in [1.82, 2.24) is 9.97 Å². The SMILES string of the molecule is CNc1nccc(Oc2cc(F)c([N+](=O)[O-])cc2F)n1. The molecule has 2 rings (SSSR count). The molecule has 1 N–H and O–H groups in total. The number of benzene rings is 1. The number of nitro groups is 1. The first kappa shape index (κ1) is 13.6. The Balaban J connectivity index is 2.34. The van der Waals surface area contributed by atoms with Crippen LogP contribution in [0, 0.1) is 21.7 Å². The van der Waals surface area contributed by atoms with Gasteiger partial charge >= 0.3 is 5.69 Å². The van der Waals surface area contributed by atoms with E-state index in [0.717, 1.165) is 0 Å². The van der Waals surface area contributed by atoms with Gasteiger partial charge in [0.05, 0.1) is 11.0 Å². The van der Waals surface area contributed by atoms with Crippen LogP contribution >= 0.6 is 0 Å². The number of hydrogen-bond acceptors (Lipinski definition) is 6. The number of rotatable bonds is 4. The smallest absolute Gasteiger partial charge is 0.307 e. The predicted molar refractivity (Wildman–Crippen MR) is 64.7 cm³/mol. The molecule has 1 aromatic carbocycles. The summed E-state index contributed by atoms with van der Waals surface area (Å²) in [7, 11) is 1.57. The van der Waals surface area contributed by atoms with Crippen LogP contribution in [0.3, 0.4) is 0 Å². The Kier molecular flexibility index (Phi) is 3.69. The summed E-state index contributed by atoms with van der Waals surface area (Å²) in [4.78, 5) is 17.1. The highest BCUT2D eigenvalue weighted by molar-refractivity contribution is 5.41. The maximum absolute atomic E-state index is 13.6. The summed E-state index contributed by atoms with van der Waals surface area (Å²) in [6.07, 6.45) is 1.35. The fourth-order valence-electron chi connectivity index (χ4n) is 1.37. The molecule has 0 saturated carbocycles. The van der Waals surface area contributed by atoms with Crippen LogP contribution in [0.15, 0.2) is 24.4 Å². The second-order valence-electron chi connectivity index (χ2n) is 3.56. The van der Waals surface area contributed by atoms with Gasteiger partial charge in [0.15, 0.2) is 11.6 Å². The lowest BCUT2D eigenvalue weighted by Gasteiger charge is -2.07. The minimum atomic E-state index is -1.20. The van der Waals surface area contributed by atoms with Crippen molar-refractivity contribution in [2.24, 2.45) is 0 Å². The van der Waals surface area contributed by atoms with E-state index in [1.807, 2.05) is 0 Å². The minimum Gasteiger partial charge on any atom is -0.436 e. The van der Waals surface area contributed by atoms with Crippen LogP contribution in [-0.4, -0.2) is 21.9 Å². The number of nitro benzene ring substituents is 1. The summed E-state index contributed by atoms with van der Waals surface area (Å²) < 4.78 is 32.0. The van der Waals surface area contributed by atoms with Crippen molar-refractivity contribution in [2.45, 2.75) is 0 Å². The molecule has 104 valence electrons. The molecule has 1 heterocycles. The summed E-state index contributed by atoms with van der Waals surface area (Å²) in [5.74, 6) is -2.58. The molecule has 0 fully saturated rings. The molecule has 0 atom stereocenters. The second kappa shape index (κ2) is 5.43. The molecule has 0 radical (unpaired) electrons. The van der Waals surface area contributed by atoms with E-state index in [9.17, 15) is 18.9 Å². The Morgan fingerprint density at radius 1 is 1.35 bits per heavy atom. The molecule has 0 unspecified atom stereocenters. The summed E-state index contributed by atoms with van der Waals surface area (Å²) in [6.45, 7) is 0. The van der Waals surface area contributed by atoms with Gasteiger partial charge in [-0.05, 0) is 0 Å². The van der Waals surface area contributed by atoms with E-state index in [0.29, 0.717) is 12.1 Å². The Morgan fingerprint density at radius 2 is 2.10 bits per heavy atom. The zero-order valence-electron chi connectivity index (χ0n) is 10.1. The van der Waals surface area contributed by atoms with E-state index in [4.69, 9.17) is 4.74 Å². The maximum atomic E-state index is 13.6. The van der Waals surface area contributed by atoms with Gasteiger partial charge in [0, 0.05) is 25.4 Å². The summed E-state index contributed by atoms with van der Waals surface area (Å²) >= 11 is 0. The average Bonchev–Trinajstić information content (AvgIpc) is 2.42. The van der Waals surface area contributed by atoms with Gasteiger partial charge in [-0.2, -0.15) is 9.37 Å². The highest BCUT2D eigenvalue weighted by Crippen LogP contribution is 2.29. The first-order chi connectivity index (χ1) is 9.51. The predicted octanol–water partition coefficient (Wildman–Crippen LogP) is 2.50. The van der Waals surface area contributed by atoms with Crippen molar-refractivity contribution in [1.29, 1.82) is 0 Å². The van der Waals surface area contributed by atoms with Crippen molar-refractivity contribution >= 4 is 11.6 Å². The summed E-state index contributed by atoms with van der Waals surface area (Å²) in [5, 5.41) is 13.1. The largest absolute Gasteiger partial charge is 0.436 e. The quantitative estimate of drug-likeness (QED) is 0.684. The number of nitrogens with zero attached hydrogens (tertiary/aromatic N) is 3. The van der Waals surface area contributed by atoms with Gasteiger partial charge < -0.3 is 10.1 Å². The van der Waals surface area contributed by atoms with Crippen LogP contribution in [0.5, 0.6) is 11.6 Å². The fraction of sp³-hybridized carbons (Fsp3) is 0.0909. The standard InChI is InChI=1S/C11H8F2N4O3/c1-14-11-15-3-2-10(16-11)20-9-5-6(12)8(17(18)19)4-7(9)13/h2-5H,1H3,(H,14,15,16). The van der Waals surface area contributed by atoms with E-state index in [1.54, 1.807) is 7.05 Å². The highest BCUT2D eigenvalue weighted by Gasteiger charge is 2.20.